The Morgan fingerprint density at radius 3 is 2.23 bits per heavy atom. The smallest absolute Gasteiger partial charge is 0.408 e. The third kappa shape index (κ3) is 10.1. The summed E-state index contributed by atoms with van der Waals surface area (Å²) in [5, 5.41) is 10.2. The number of esters is 1. The van der Waals surface area contributed by atoms with Crippen molar-refractivity contribution < 1.29 is 28.7 Å². The van der Waals surface area contributed by atoms with E-state index in [4.69, 9.17) is 9.47 Å². The highest BCUT2D eigenvalue weighted by Gasteiger charge is 2.28. The zero-order valence-electron chi connectivity index (χ0n) is 23.4. The number of rotatable bonds is 11. The van der Waals surface area contributed by atoms with Crippen molar-refractivity contribution in [3.8, 4) is 0 Å². The molecular weight excluding hydrogens is 510 g/mol. The van der Waals surface area contributed by atoms with Gasteiger partial charge in [0.15, 0.2) is 0 Å². The van der Waals surface area contributed by atoms with Crippen molar-refractivity contribution in [1.82, 2.24) is 16.0 Å². The molecule has 3 N–H and O–H groups in total. The van der Waals surface area contributed by atoms with Crippen molar-refractivity contribution in [1.29, 1.82) is 0 Å². The van der Waals surface area contributed by atoms with E-state index in [0.29, 0.717) is 6.54 Å². The normalized spacial score (nSPS) is 12.6. The van der Waals surface area contributed by atoms with E-state index in [1.54, 1.807) is 27.7 Å². The van der Waals surface area contributed by atoms with E-state index in [0.717, 1.165) is 21.9 Å². The van der Waals surface area contributed by atoms with Crippen LogP contribution in [-0.4, -0.2) is 41.6 Å². The Bertz CT molecular complexity index is 1310. The van der Waals surface area contributed by atoms with Gasteiger partial charge in [-0.1, -0.05) is 72.8 Å². The van der Waals surface area contributed by atoms with Crippen LogP contribution in [0.25, 0.3) is 10.8 Å². The molecule has 0 radical (unpaired) electrons. The van der Waals surface area contributed by atoms with Crippen molar-refractivity contribution in [2.45, 2.75) is 71.4 Å². The van der Waals surface area contributed by atoms with Crippen LogP contribution in [0.2, 0.25) is 0 Å². The van der Waals surface area contributed by atoms with Crippen LogP contribution >= 0.6 is 0 Å². The van der Waals surface area contributed by atoms with Crippen LogP contribution in [0.1, 0.15) is 51.7 Å². The average Bonchev–Trinajstić information content (AvgIpc) is 2.89. The monoisotopic (exact) mass is 547 g/mol. The largest absolute Gasteiger partial charge is 0.461 e. The molecular formula is C31H37N3O6. The van der Waals surface area contributed by atoms with Crippen molar-refractivity contribution >= 4 is 34.6 Å². The maximum Gasteiger partial charge on any atom is 0.408 e. The summed E-state index contributed by atoms with van der Waals surface area (Å²) in [5.41, 5.74) is 0.979. The van der Waals surface area contributed by atoms with Gasteiger partial charge in [0.1, 0.15) is 18.2 Å². The number of nitrogens with one attached hydrogen (secondary N) is 3. The van der Waals surface area contributed by atoms with E-state index in [1.165, 1.54) is 0 Å². The molecule has 40 heavy (non-hydrogen) atoms. The summed E-state index contributed by atoms with van der Waals surface area (Å²) in [6.07, 6.45) is -1.24. The standard InChI is InChI=1S/C31H37N3O6/c1-21(17-27(35)32-19-24-15-10-14-23-13-8-9-16-25(23)24)33-29(37)26(34-30(38)40-31(2,3)4)18-28(36)39-20-22-11-6-5-7-12-22/h5-16,21,26H,17-20H2,1-4H3,(H,32,35)(H,33,37)(H,34,38)/t21-,26-/m0/s1. The third-order valence-electron chi connectivity index (χ3n) is 5.86. The number of carbonyl (C=O) groups excluding carboxylic acids is 4. The zero-order valence-corrected chi connectivity index (χ0v) is 23.4. The molecule has 0 aliphatic heterocycles. The number of fused-ring (bicyclic) bond motifs is 1. The van der Waals surface area contributed by atoms with Crippen molar-refractivity contribution in [3.05, 3.63) is 83.9 Å². The van der Waals surface area contributed by atoms with Crippen LogP contribution in [0.15, 0.2) is 72.8 Å². The van der Waals surface area contributed by atoms with E-state index in [1.807, 2.05) is 72.8 Å². The molecule has 9 nitrogen and oxygen atoms in total. The van der Waals surface area contributed by atoms with Gasteiger partial charge in [-0.3, -0.25) is 14.4 Å². The summed E-state index contributed by atoms with van der Waals surface area (Å²) in [6.45, 7) is 7.12. The first-order valence-corrected chi connectivity index (χ1v) is 13.2. The van der Waals surface area contributed by atoms with Gasteiger partial charge < -0.3 is 25.4 Å². The molecule has 3 aromatic rings. The van der Waals surface area contributed by atoms with Crippen LogP contribution in [-0.2, 0) is 37.0 Å². The van der Waals surface area contributed by atoms with Gasteiger partial charge >= 0.3 is 12.1 Å². The lowest BCUT2D eigenvalue weighted by Gasteiger charge is -2.24. The number of ether oxygens (including phenoxy) is 2. The summed E-state index contributed by atoms with van der Waals surface area (Å²) < 4.78 is 10.5. The molecule has 3 amide bonds. The molecule has 0 fully saturated rings. The van der Waals surface area contributed by atoms with Gasteiger partial charge in [0.25, 0.3) is 0 Å². The van der Waals surface area contributed by atoms with E-state index < -0.39 is 42.1 Å². The first-order chi connectivity index (χ1) is 19.0. The number of alkyl carbamates (subject to hydrolysis) is 1. The number of carbonyl (C=O) groups is 4. The molecule has 0 aliphatic carbocycles. The minimum atomic E-state index is -1.25. The SMILES string of the molecule is C[C@@H](CC(=O)NCc1cccc2ccccc12)NC(=O)[C@H](CC(=O)OCc1ccccc1)NC(=O)OC(C)(C)C. The third-order valence-corrected chi connectivity index (χ3v) is 5.86. The number of hydrogen-bond donors (Lipinski definition) is 3. The molecule has 2 atom stereocenters. The fourth-order valence-electron chi connectivity index (χ4n) is 4.01. The van der Waals surface area contributed by atoms with Gasteiger partial charge in [-0.2, -0.15) is 0 Å². The molecule has 0 heterocycles. The molecule has 9 heteroatoms. The Kier molecular flexibility index (Phi) is 10.6. The van der Waals surface area contributed by atoms with Gasteiger partial charge in [-0.05, 0) is 49.6 Å². The van der Waals surface area contributed by atoms with Crippen LogP contribution in [0.5, 0.6) is 0 Å². The van der Waals surface area contributed by atoms with Crippen molar-refractivity contribution in [3.63, 3.8) is 0 Å². The summed E-state index contributed by atoms with van der Waals surface area (Å²) in [6, 6.07) is 21.1. The van der Waals surface area contributed by atoms with Crippen LogP contribution in [0.4, 0.5) is 4.79 Å². The van der Waals surface area contributed by atoms with Gasteiger partial charge in [-0.25, -0.2) is 4.79 Å². The first kappa shape index (κ1) is 30.1. The topological polar surface area (TPSA) is 123 Å². The first-order valence-electron chi connectivity index (χ1n) is 13.2. The number of benzene rings is 3. The summed E-state index contributed by atoms with van der Waals surface area (Å²) in [4.78, 5) is 50.6. The lowest BCUT2D eigenvalue weighted by molar-refractivity contribution is -0.147. The molecule has 3 rings (SSSR count). The van der Waals surface area contributed by atoms with E-state index in [-0.39, 0.29) is 18.9 Å². The van der Waals surface area contributed by atoms with E-state index >= 15 is 0 Å². The summed E-state index contributed by atoms with van der Waals surface area (Å²) in [5.74, 6) is -1.54. The molecule has 0 saturated heterocycles. The van der Waals surface area contributed by atoms with Crippen molar-refractivity contribution in [2.75, 3.05) is 0 Å². The molecule has 0 aliphatic rings. The second kappa shape index (κ2) is 14.1. The Labute approximate surface area is 234 Å². The maximum absolute atomic E-state index is 13.1. The highest BCUT2D eigenvalue weighted by Crippen LogP contribution is 2.18. The lowest BCUT2D eigenvalue weighted by Crippen LogP contribution is -2.51. The second-order valence-corrected chi connectivity index (χ2v) is 10.6. The van der Waals surface area contributed by atoms with E-state index in [9.17, 15) is 19.2 Å². The minimum absolute atomic E-state index is 0.00805. The lowest BCUT2D eigenvalue weighted by atomic mass is 10.0. The predicted molar refractivity (Wildman–Crippen MR) is 152 cm³/mol. The van der Waals surface area contributed by atoms with Gasteiger partial charge in [0, 0.05) is 19.0 Å². The highest BCUT2D eigenvalue weighted by atomic mass is 16.6. The van der Waals surface area contributed by atoms with Gasteiger partial charge in [0.2, 0.25) is 11.8 Å². The summed E-state index contributed by atoms with van der Waals surface area (Å²) >= 11 is 0. The molecule has 0 spiro atoms. The molecule has 0 unspecified atom stereocenters. The minimum Gasteiger partial charge on any atom is -0.461 e. The average molecular weight is 548 g/mol. The fourth-order valence-corrected chi connectivity index (χ4v) is 4.01. The number of hydrogen-bond acceptors (Lipinski definition) is 6. The van der Waals surface area contributed by atoms with Crippen LogP contribution < -0.4 is 16.0 Å². The Morgan fingerprint density at radius 2 is 1.50 bits per heavy atom. The Hall–Kier alpha value is -4.40. The predicted octanol–water partition coefficient (Wildman–Crippen LogP) is 4.38. The van der Waals surface area contributed by atoms with E-state index in [2.05, 4.69) is 16.0 Å². The molecule has 0 aromatic heterocycles. The molecule has 3 aromatic carbocycles. The maximum atomic E-state index is 13.1. The van der Waals surface area contributed by atoms with Crippen molar-refractivity contribution in [2.24, 2.45) is 0 Å². The molecule has 0 saturated carbocycles. The number of amides is 3. The van der Waals surface area contributed by atoms with Crippen LogP contribution in [0, 0.1) is 0 Å². The molecule has 212 valence electrons. The zero-order chi connectivity index (χ0) is 29.1. The quantitative estimate of drug-likeness (QED) is 0.306. The van der Waals surface area contributed by atoms with Gasteiger partial charge in [0.05, 0.1) is 6.42 Å². The Morgan fingerprint density at radius 1 is 0.825 bits per heavy atom. The highest BCUT2D eigenvalue weighted by molar-refractivity contribution is 5.90. The summed E-state index contributed by atoms with van der Waals surface area (Å²) in [7, 11) is 0. The van der Waals surface area contributed by atoms with Gasteiger partial charge in [-0.15, -0.1) is 0 Å². The molecule has 0 bridgehead atoms. The van der Waals surface area contributed by atoms with Crippen LogP contribution in [0.3, 0.4) is 0 Å². The Balaban J connectivity index is 1.55. The second-order valence-electron chi connectivity index (χ2n) is 10.6. The fraction of sp³-hybridized carbons (Fsp3) is 0.355.